The fourth-order valence-electron chi connectivity index (χ4n) is 4.18. The minimum atomic E-state index is -4.38. The summed E-state index contributed by atoms with van der Waals surface area (Å²) in [7, 11) is 0. The summed E-state index contributed by atoms with van der Waals surface area (Å²) in [5.41, 5.74) is 1.37. The van der Waals surface area contributed by atoms with E-state index in [1.165, 1.54) is 29.7 Å². The second kappa shape index (κ2) is 7.85. The zero-order valence-electron chi connectivity index (χ0n) is 15.5. The van der Waals surface area contributed by atoms with E-state index in [4.69, 9.17) is 0 Å². The van der Waals surface area contributed by atoms with Crippen LogP contribution in [0, 0.1) is 5.92 Å². The van der Waals surface area contributed by atoms with Crippen LogP contribution in [0.4, 0.5) is 19.0 Å². The standard InChI is InChI=1S/C19H23F3N4OS/c20-19(21,22)10-23-17(27)12-6-8-26(9-7-12)16-15-13-4-2-1-3-5-14(13)28-18(15)25-11-24-16/h11-12H,1-10H2,(H,23,27). The number of amides is 1. The van der Waals surface area contributed by atoms with E-state index in [1.54, 1.807) is 17.7 Å². The largest absolute Gasteiger partial charge is 0.405 e. The van der Waals surface area contributed by atoms with Crippen molar-refractivity contribution < 1.29 is 18.0 Å². The summed E-state index contributed by atoms with van der Waals surface area (Å²) in [5, 5.41) is 3.16. The van der Waals surface area contributed by atoms with Gasteiger partial charge in [-0.2, -0.15) is 13.2 Å². The van der Waals surface area contributed by atoms with Crippen LogP contribution in [0.5, 0.6) is 0 Å². The van der Waals surface area contributed by atoms with Gasteiger partial charge in [0.25, 0.3) is 0 Å². The summed E-state index contributed by atoms with van der Waals surface area (Å²) in [5.74, 6) is 0.0308. The normalized spacial score (nSPS) is 18.8. The molecule has 0 aromatic carbocycles. The summed E-state index contributed by atoms with van der Waals surface area (Å²) < 4.78 is 36.9. The van der Waals surface area contributed by atoms with Gasteiger partial charge in [0.15, 0.2) is 0 Å². The van der Waals surface area contributed by atoms with Crippen molar-refractivity contribution in [3.05, 3.63) is 16.8 Å². The Kier molecular flexibility index (Phi) is 5.44. The van der Waals surface area contributed by atoms with Gasteiger partial charge in [-0.05, 0) is 44.1 Å². The first-order valence-electron chi connectivity index (χ1n) is 9.77. The number of anilines is 1. The summed E-state index contributed by atoms with van der Waals surface area (Å²) in [6, 6.07) is 0. The van der Waals surface area contributed by atoms with Crippen molar-refractivity contribution in [3.63, 3.8) is 0 Å². The fraction of sp³-hybridized carbons (Fsp3) is 0.632. The maximum absolute atomic E-state index is 12.3. The van der Waals surface area contributed by atoms with Crippen LogP contribution < -0.4 is 10.2 Å². The molecule has 5 nitrogen and oxygen atoms in total. The number of piperidine rings is 1. The Morgan fingerprint density at radius 2 is 1.93 bits per heavy atom. The number of carbonyl (C=O) groups is 1. The Labute approximate surface area is 165 Å². The molecule has 0 saturated carbocycles. The molecule has 9 heteroatoms. The van der Waals surface area contributed by atoms with Gasteiger partial charge in [-0.1, -0.05) is 6.42 Å². The zero-order chi connectivity index (χ0) is 19.7. The van der Waals surface area contributed by atoms with Crippen LogP contribution in [-0.4, -0.2) is 41.7 Å². The summed E-state index contributed by atoms with van der Waals surface area (Å²) >= 11 is 1.76. The maximum atomic E-state index is 12.3. The zero-order valence-corrected chi connectivity index (χ0v) is 16.3. The predicted octanol–water partition coefficient (Wildman–Crippen LogP) is 3.86. The topological polar surface area (TPSA) is 58.1 Å². The first kappa shape index (κ1) is 19.4. The van der Waals surface area contributed by atoms with Crippen LogP contribution in [0.2, 0.25) is 0 Å². The third-order valence-corrected chi connectivity index (χ3v) is 6.81. The fourth-order valence-corrected chi connectivity index (χ4v) is 5.40. The van der Waals surface area contributed by atoms with E-state index in [9.17, 15) is 18.0 Å². The summed E-state index contributed by atoms with van der Waals surface area (Å²) in [4.78, 5) is 25.7. The van der Waals surface area contributed by atoms with Crippen LogP contribution >= 0.6 is 11.3 Å². The molecule has 1 saturated heterocycles. The molecule has 1 N–H and O–H groups in total. The van der Waals surface area contributed by atoms with E-state index in [0.717, 1.165) is 28.9 Å². The monoisotopic (exact) mass is 412 g/mol. The number of nitrogens with zero attached hydrogens (tertiary/aromatic N) is 3. The molecule has 2 aromatic rings. The Morgan fingerprint density at radius 1 is 1.18 bits per heavy atom. The van der Waals surface area contributed by atoms with Gasteiger partial charge < -0.3 is 10.2 Å². The lowest BCUT2D eigenvalue weighted by molar-refractivity contribution is -0.141. The molecule has 1 amide bonds. The molecule has 1 aliphatic carbocycles. The molecule has 2 aromatic heterocycles. The first-order valence-corrected chi connectivity index (χ1v) is 10.6. The van der Waals surface area contributed by atoms with Gasteiger partial charge in [-0.25, -0.2) is 9.97 Å². The molecule has 1 fully saturated rings. The van der Waals surface area contributed by atoms with Crippen molar-refractivity contribution in [2.24, 2.45) is 5.92 Å². The SMILES string of the molecule is O=C(NCC(F)(F)F)C1CCN(c2ncnc3sc4c(c23)CCCCC4)CC1. The third-order valence-electron chi connectivity index (χ3n) is 5.61. The number of halogens is 3. The maximum Gasteiger partial charge on any atom is 0.405 e. The highest BCUT2D eigenvalue weighted by atomic mass is 32.1. The van der Waals surface area contributed by atoms with Crippen molar-refractivity contribution in [2.45, 2.75) is 51.1 Å². The molecule has 0 spiro atoms. The molecule has 3 heterocycles. The summed E-state index contributed by atoms with van der Waals surface area (Å²) in [6.45, 7) is -0.0404. The van der Waals surface area contributed by atoms with Gasteiger partial charge in [-0.15, -0.1) is 11.3 Å². The van der Waals surface area contributed by atoms with Crippen LogP contribution in [0.1, 0.15) is 42.5 Å². The van der Waals surface area contributed by atoms with Crippen LogP contribution in [0.15, 0.2) is 6.33 Å². The van der Waals surface area contributed by atoms with Gasteiger partial charge in [0.1, 0.15) is 23.5 Å². The van der Waals surface area contributed by atoms with E-state index >= 15 is 0 Å². The van der Waals surface area contributed by atoms with E-state index in [2.05, 4.69) is 14.9 Å². The highest BCUT2D eigenvalue weighted by molar-refractivity contribution is 7.18. The Hall–Kier alpha value is -1.90. The molecular formula is C19H23F3N4OS. The molecule has 0 unspecified atom stereocenters. The highest BCUT2D eigenvalue weighted by Crippen LogP contribution is 2.39. The molecule has 1 aliphatic heterocycles. The number of hydrogen-bond donors (Lipinski definition) is 1. The van der Waals surface area contributed by atoms with Crippen molar-refractivity contribution >= 4 is 33.3 Å². The minimum absolute atomic E-state index is 0.379. The van der Waals surface area contributed by atoms with Crippen LogP contribution in [0.3, 0.4) is 0 Å². The second-order valence-corrected chi connectivity index (χ2v) is 8.62. The molecular weight excluding hydrogens is 389 g/mol. The van der Waals surface area contributed by atoms with E-state index in [-0.39, 0.29) is 5.92 Å². The predicted molar refractivity (Wildman–Crippen MR) is 103 cm³/mol. The van der Waals surface area contributed by atoms with Crippen LogP contribution in [0.25, 0.3) is 10.2 Å². The first-order chi connectivity index (χ1) is 13.4. The van der Waals surface area contributed by atoms with Crippen molar-refractivity contribution in [2.75, 3.05) is 24.5 Å². The van der Waals surface area contributed by atoms with E-state index in [0.29, 0.717) is 25.9 Å². The number of thiophene rings is 1. The van der Waals surface area contributed by atoms with Crippen molar-refractivity contribution in [1.82, 2.24) is 15.3 Å². The molecule has 152 valence electrons. The second-order valence-electron chi connectivity index (χ2n) is 7.54. The van der Waals surface area contributed by atoms with Crippen LogP contribution in [-0.2, 0) is 17.6 Å². The number of aryl methyl sites for hydroxylation is 2. The Bertz CT molecular complexity index is 859. The smallest absolute Gasteiger partial charge is 0.356 e. The molecule has 28 heavy (non-hydrogen) atoms. The number of aromatic nitrogens is 2. The van der Waals surface area contributed by atoms with Gasteiger partial charge in [0.05, 0.1) is 5.39 Å². The van der Waals surface area contributed by atoms with Crippen molar-refractivity contribution in [3.8, 4) is 0 Å². The average Bonchev–Trinajstić information content (AvgIpc) is 2.87. The van der Waals surface area contributed by atoms with Gasteiger partial charge >= 0.3 is 6.18 Å². The Morgan fingerprint density at radius 3 is 2.68 bits per heavy atom. The highest BCUT2D eigenvalue weighted by Gasteiger charge is 2.32. The number of rotatable bonds is 3. The third kappa shape index (κ3) is 4.09. The number of fused-ring (bicyclic) bond motifs is 3. The molecule has 0 bridgehead atoms. The van der Waals surface area contributed by atoms with Gasteiger partial charge in [0.2, 0.25) is 5.91 Å². The number of alkyl halides is 3. The van der Waals surface area contributed by atoms with E-state index in [1.807, 2.05) is 5.32 Å². The molecule has 4 rings (SSSR count). The number of carbonyl (C=O) groups excluding carboxylic acids is 1. The lowest BCUT2D eigenvalue weighted by Gasteiger charge is -2.32. The van der Waals surface area contributed by atoms with Gasteiger partial charge in [-0.3, -0.25) is 4.79 Å². The lowest BCUT2D eigenvalue weighted by Crippen LogP contribution is -2.43. The average molecular weight is 412 g/mol. The number of hydrogen-bond acceptors (Lipinski definition) is 5. The van der Waals surface area contributed by atoms with Crippen molar-refractivity contribution in [1.29, 1.82) is 0 Å². The summed E-state index contributed by atoms with van der Waals surface area (Å²) in [6.07, 6.45) is 4.04. The number of nitrogens with one attached hydrogen (secondary N) is 1. The molecule has 0 radical (unpaired) electrons. The van der Waals surface area contributed by atoms with E-state index < -0.39 is 18.6 Å². The quantitative estimate of drug-likeness (QED) is 0.778. The lowest BCUT2D eigenvalue weighted by atomic mass is 9.95. The Balaban J connectivity index is 1.48. The molecule has 0 atom stereocenters. The van der Waals surface area contributed by atoms with Gasteiger partial charge in [0, 0.05) is 23.9 Å². The minimum Gasteiger partial charge on any atom is -0.356 e. The molecule has 2 aliphatic rings.